The van der Waals surface area contributed by atoms with E-state index in [0.29, 0.717) is 26.5 Å². The van der Waals surface area contributed by atoms with Crippen molar-refractivity contribution in [2.24, 2.45) is 11.7 Å². The highest BCUT2D eigenvalue weighted by Gasteiger charge is 2.41. The lowest BCUT2D eigenvalue weighted by Gasteiger charge is -2.40. The second kappa shape index (κ2) is 20.1. The van der Waals surface area contributed by atoms with Gasteiger partial charge in [-0.3, -0.25) is 0 Å². The van der Waals surface area contributed by atoms with Gasteiger partial charge in [0.05, 0.1) is 19.8 Å². The van der Waals surface area contributed by atoms with Gasteiger partial charge in [-0.05, 0) is 45.1 Å². The molecule has 0 fully saturated rings. The van der Waals surface area contributed by atoms with Crippen LogP contribution >= 0.6 is 0 Å². The summed E-state index contributed by atoms with van der Waals surface area (Å²) in [5, 5.41) is 3.23. The largest absolute Gasteiger partial charge is 0.327 e. The SMILES string of the molecule is CCCCCCCCC(CCCNCN)C(OCCC)(OCCC)OCCC. The van der Waals surface area contributed by atoms with E-state index < -0.39 is 5.97 Å². The summed E-state index contributed by atoms with van der Waals surface area (Å²) in [7, 11) is 0. The number of ether oxygens (including phenoxy) is 3. The summed E-state index contributed by atoms with van der Waals surface area (Å²) in [5.74, 6) is -0.642. The van der Waals surface area contributed by atoms with Crippen molar-refractivity contribution in [2.45, 2.75) is 111 Å². The fourth-order valence-corrected chi connectivity index (χ4v) is 3.46. The molecule has 1 unspecified atom stereocenters. The van der Waals surface area contributed by atoms with E-state index in [4.69, 9.17) is 19.9 Å². The van der Waals surface area contributed by atoms with Crippen molar-refractivity contribution in [3.05, 3.63) is 0 Å². The maximum Gasteiger partial charge on any atom is 0.285 e. The van der Waals surface area contributed by atoms with E-state index in [1.165, 1.54) is 38.5 Å². The third-order valence-electron chi connectivity index (χ3n) is 4.98. The van der Waals surface area contributed by atoms with E-state index in [1.807, 2.05) is 0 Å². The van der Waals surface area contributed by atoms with Crippen molar-refractivity contribution in [1.29, 1.82) is 0 Å². The monoisotopic (exact) mass is 402 g/mol. The topological polar surface area (TPSA) is 65.7 Å². The van der Waals surface area contributed by atoms with Crippen molar-refractivity contribution in [1.82, 2.24) is 5.32 Å². The van der Waals surface area contributed by atoms with Gasteiger partial charge in [-0.1, -0.05) is 66.2 Å². The van der Waals surface area contributed by atoms with Crippen LogP contribution in [0.3, 0.4) is 0 Å². The molecule has 0 aliphatic carbocycles. The molecule has 0 radical (unpaired) electrons. The van der Waals surface area contributed by atoms with Gasteiger partial charge in [0.15, 0.2) is 0 Å². The summed E-state index contributed by atoms with van der Waals surface area (Å²) in [5.41, 5.74) is 5.58. The van der Waals surface area contributed by atoms with Crippen LogP contribution in [0.25, 0.3) is 0 Å². The lowest BCUT2D eigenvalue weighted by atomic mass is 9.92. The Balaban J connectivity index is 5.07. The zero-order chi connectivity index (χ0) is 20.9. The highest BCUT2D eigenvalue weighted by Crippen LogP contribution is 2.34. The summed E-state index contributed by atoms with van der Waals surface area (Å²) < 4.78 is 18.9. The van der Waals surface area contributed by atoms with Gasteiger partial charge in [-0.15, -0.1) is 0 Å². The van der Waals surface area contributed by atoms with E-state index >= 15 is 0 Å². The summed E-state index contributed by atoms with van der Waals surface area (Å²) in [6.45, 7) is 12.1. The maximum atomic E-state index is 6.31. The summed E-state index contributed by atoms with van der Waals surface area (Å²) in [6.07, 6.45) is 13.9. The molecule has 28 heavy (non-hydrogen) atoms. The van der Waals surface area contributed by atoms with Gasteiger partial charge >= 0.3 is 0 Å². The van der Waals surface area contributed by atoms with Crippen LogP contribution in [-0.4, -0.2) is 39.0 Å². The smallest absolute Gasteiger partial charge is 0.285 e. The Hall–Kier alpha value is -0.200. The molecule has 0 aromatic heterocycles. The number of hydrogen-bond acceptors (Lipinski definition) is 5. The lowest BCUT2D eigenvalue weighted by molar-refractivity contribution is -0.406. The molecule has 3 N–H and O–H groups in total. The van der Waals surface area contributed by atoms with E-state index in [2.05, 4.69) is 33.0 Å². The Bertz CT molecular complexity index is 294. The maximum absolute atomic E-state index is 6.31. The van der Waals surface area contributed by atoms with E-state index in [1.54, 1.807) is 0 Å². The molecule has 0 aliphatic heterocycles. The van der Waals surface area contributed by atoms with Gasteiger partial charge in [0.25, 0.3) is 5.97 Å². The molecule has 0 amide bonds. The van der Waals surface area contributed by atoms with Crippen LogP contribution in [0.5, 0.6) is 0 Å². The number of rotatable bonds is 22. The molecular weight excluding hydrogens is 352 g/mol. The first kappa shape index (κ1) is 27.8. The molecule has 170 valence electrons. The molecule has 0 rings (SSSR count). The van der Waals surface area contributed by atoms with Gasteiger partial charge in [0, 0.05) is 12.6 Å². The number of hydrogen-bond donors (Lipinski definition) is 2. The molecule has 0 bridgehead atoms. The minimum Gasteiger partial charge on any atom is -0.327 e. The molecule has 5 nitrogen and oxygen atoms in total. The van der Waals surface area contributed by atoms with Crippen LogP contribution in [0.4, 0.5) is 0 Å². The zero-order valence-electron chi connectivity index (χ0n) is 19.4. The molecule has 0 saturated heterocycles. The fraction of sp³-hybridized carbons (Fsp3) is 1.00. The van der Waals surface area contributed by atoms with Crippen molar-refractivity contribution in [2.75, 3.05) is 33.0 Å². The first-order valence-electron chi connectivity index (χ1n) is 12.0. The first-order valence-corrected chi connectivity index (χ1v) is 12.0. The molecular formula is C23H50N2O3. The van der Waals surface area contributed by atoms with Crippen LogP contribution in [0.1, 0.15) is 105 Å². The van der Waals surface area contributed by atoms with Gasteiger partial charge < -0.3 is 25.3 Å². The highest BCUT2D eigenvalue weighted by molar-refractivity contribution is 4.74. The van der Waals surface area contributed by atoms with Crippen molar-refractivity contribution < 1.29 is 14.2 Å². The third-order valence-corrected chi connectivity index (χ3v) is 4.98. The van der Waals surface area contributed by atoms with E-state index in [0.717, 1.165) is 45.1 Å². The summed E-state index contributed by atoms with van der Waals surface area (Å²) in [4.78, 5) is 0. The first-order chi connectivity index (χ1) is 13.7. The molecule has 0 aliphatic rings. The van der Waals surface area contributed by atoms with Crippen molar-refractivity contribution >= 4 is 0 Å². The molecule has 0 spiro atoms. The van der Waals surface area contributed by atoms with Crippen LogP contribution in [0.15, 0.2) is 0 Å². The standard InChI is InChI=1S/C23H50N2O3/c1-5-9-10-11-12-13-15-22(16-14-17-25-21-24)23(26-18-6-2,27-19-7-3)28-20-8-4/h22,25H,5-21,24H2,1-4H3. The third kappa shape index (κ3) is 13.1. The van der Waals surface area contributed by atoms with Gasteiger partial charge in [0.2, 0.25) is 0 Å². The summed E-state index contributed by atoms with van der Waals surface area (Å²) in [6, 6.07) is 0. The zero-order valence-corrected chi connectivity index (χ0v) is 19.4. The number of nitrogens with one attached hydrogen (secondary N) is 1. The second-order valence-corrected chi connectivity index (χ2v) is 7.75. The van der Waals surface area contributed by atoms with E-state index in [9.17, 15) is 0 Å². The fourth-order valence-electron chi connectivity index (χ4n) is 3.46. The quantitative estimate of drug-likeness (QED) is 0.183. The van der Waals surface area contributed by atoms with Gasteiger partial charge in [-0.25, -0.2) is 0 Å². The van der Waals surface area contributed by atoms with Crippen molar-refractivity contribution in [3.8, 4) is 0 Å². The average Bonchev–Trinajstić information content (AvgIpc) is 2.72. The Labute approximate surface area is 175 Å². The minimum atomic E-state index is -0.895. The Morgan fingerprint density at radius 1 is 0.679 bits per heavy atom. The van der Waals surface area contributed by atoms with Crippen molar-refractivity contribution in [3.63, 3.8) is 0 Å². The molecule has 0 aromatic carbocycles. The van der Waals surface area contributed by atoms with Gasteiger partial charge in [0.1, 0.15) is 0 Å². The predicted octanol–water partition coefficient (Wildman–Crippen LogP) is 5.57. The second-order valence-electron chi connectivity index (χ2n) is 7.75. The number of nitrogens with two attached hydrogens (primary N) is 1. The minimum absolute atomic E-state index is 0.253. The van der Waals surface area contributed by atoms with Crippen LogP contribution in [-0.2, 0) is 14.2 Å². The predicted molar refractivity (Wildman–Crippen MR) is 119 cm³/mol. The highest BCUT2D eigenvalue weighted by atomic mass is 16.9. The van der Waals surface area contributed by atoms with Crippen LogP contribution in [0, 0.1) is 5.92 Å². The van der Waals surface area contributed by atoms with Gasteiger partial charge in [-0.2, -0.15) is 0 Å². The average molecular weight is 403 g/mol. The Morgan fingerprint density at radius 2 is 1.18 bits per heavy atom. The Morgan fingerprint density at radius 3 is 1.68 bits per heavy atom. The number of unbranched alkanes of at least 4 members (excludes halogenated alkanes) is 5. The molecule has 1 atom stereocenters. The molecule has 0 saturated carbocycles. The molecule has 0 heterocycles. The lowest BCUT2D eigenvalue weighted by Crippen LogP contribution is -2.47. The molecule has 0 aromatic rings. The Kier molecular flexibility index (Phi) is 19.9. The van der Waals surface area contributed by atoms with Crippen LogP contribution in [0.2, 0.25) is 0 Å². The normalized spacial score (nSPS) is 13.2. The molecule has 5 heteroatoms. The van der Waals surface area contributed by atoms with Crippen LogP contribution < -0.4 is 11.1 Å². The van der Waals surface area contributed by atoms with E-state index in [-0.39, 0.29) is 5.92 Å². The summed E-state index contributed by atoms with van der Waals surface area (Å²) >= 11 is 0.